The zero-order valence-corrected chi connectivity index (χ0v) is 9.34. The van der Waals surface area contributed by atoms with Gasteiger partial charge >= 0.3 is 0 Å². The first-order valence-electron chi connectivity index (χ1n) is 5.40. The molecule has 0 fully saturated rings. The minimum absolute atomic E-state index is 0.299. The molecule has 18 heavy (non-hydrogen) atoms. The summed E-state index contributed by atoms with van der Waals surface area (Å²) in [4.78, 5) is 8.01. The van der Waals surface area contributed by atoms with E-state index in [0.29, 0.717) is 11.3 Å². The van der Waals surface area contributed by atoms with Crippen LogP contribution >= 0.6 is 0 Å². The van der Waals surface area contributed by atoms with E-state index in [0.717, 1.165) is 11.3 Å². The third-order valence-corrected chi connectivity index (χ3v) is 2.63. The van der Waals surface area contributed by atoms with Crippen LogP contribution in [0.2, 0.25) is 0 Å². The van der Waals surface area contributed by atoms with Crippen LogP contribution in [0.15, 0.2) is 49.1 Å². The summed E-state index contributed by atoms with van der Waals surface area (Å²) in [6.07, 6.45) is 4.73. The molecule has 3 rings (SSSR count). The van der Waals surface area contributed by atoms with Crippen molar-refractivity contribution in [1.29, 1.82) is 0 Å². The largest absolute Gasteiger partial charge is 0.278 e. The van der Waals surface area contributed by atoms with Crippen LogP contribution in [-0.2, 0) is 0 Å². The molecule has 0 aliphatic carbocycles. The van der Waals surface area contributed by atoms with Gasteiger partial charge in [-0.25, -0.2) is 14.4 Å². The molecule has 5 heteroatoms. The third-order valence-electron chi connectivity index (χ3n) is 2.63. The number of aromatic amines is 1. The van der Waals surface area contributed by atoms with Crippen LogP contribution < -0.4 is 0 Å². The summed E-state index contributed by atoms with van der Waals surface area (Å²) in [5.74, 6) is -0.299. The van der Waals surface area contributed by atoms with Crippen LogP contribution in [0.1, 0.15) is 0 Å². The second-order valence-electron chi connectivity index (χ2n) is 3.75. The Kier molecular flexibility index (Phi) is 2.57. The number of halogens is 1. The molecule has 88 valence electrons. The molecule has 0 aliphatic rings. The zero-order valence-electron chi connectivity index (χ0n) is 9.34. The number of nitrogens with zero attached hydrogens (tertiary/aromatic N) is 3. The van der Waals surface area contributed by atoms with Gasteiger partial charge in [0.05, 0.1) is 11.4 Å². The molecule has 3 aromatic rings. The van der Waals surface area contributed by atoms with Crippen molar-refractivity contribution in [2.45, 2.75) is 0 Å². The number of benzene rings is 1. The van der Waals surface area contributed by atoms with E-state index in [1.165, 1.54) is 18.5 Å². The normalized spacial score (nSPS) is 10.5. The maximum Gasteiger partial charge on any atom is 0.123 e. The minimum Gasteiger partial charge on any atom is -0.278 e. The predicted octanol–water partition coefficient (Wildman–Crippen LogP) is 2.67. The van der Waals surface area contributed by atoms with Gasteiger partial charge in [-0.1, -0.05) is 0 Å². The highest BCUT2D eigenvalue weighted by Crippen LogP contribution is 2.29. The van der Waals surface area contributed by atoms with Crippen LogP contribution in [0, 0.1) is 5.82 Å². The lowest BCUT2D eigenvalue weighted by molar-refractivity contribution is 0.628. The van der Waals surface area contributed by atoms with Gasteiger partial charge in [0.25, 0.3) is 0 Å². The molecule has 0 saturated carbocycles. The lowest BCUT2D eigenvalue weighted by Crippen LogP contribution is -1.90. The first kappa shape index (κ1) is 10.6. The Bertz CT molecular complexity index is 650. The Morgan fingerprint density at radius 3 is 2.67 bits per heavy atom. The zero-order chi connectivity index (χ0) is 12.4. The maximum atomic E-state index is 13.4. The van der Waals surface area contributed by atoms with Gasteiger partial charge in [-0.15, -0.1) is 0 Å². The quantitative estimate of drug-likeness (QED) is 0.749. The average molecular weight is 240 g/mol. The fraction of sp³-hybridized carbons (Fsp3) is 0. The van der Waals surface area contributed by atoms with Gasteiger partial charge < -0.3 is 0 Å². The molecule has 0 atom stereocenters. The Hall–Kier alpha value is -2.56. The molecule has 0 aliphatic heterocycles. The van der Waals surface area contributed by atoms with E-state index in [-0.39, 0.29) is 5.82 Å². The van der Waals surface area contributed by atoms with Gasteiger partial charge in [0.15, 0.2) is 0 Å². The number of H-pyrrole nitrogens is 1. The monoisotopic (exact) mass is 240 g/mol. The van der Waals surface area contributed by atoms with Crippen molar-refractivity contribution in [2.75, 3.05) is 0 Å². The molecule has 4 nitrogen and oxygen atoms in total. The van der Waals surface area contributed by atoms with E-state index in [4.69, 9.17) is 0 Å². The Labute approximate surface area is 103 Å². The van der Waals surface area contributed by atoms with Gasteiger partial charge in [-0.2, -0.15) is 5.10 Å². The van der Waals surface area contributed by atoms with Crippen LogP contribution in [0.4, 0.5) is 4.39 Å². The first-order valence-corrected chi connectivity index (χ1v) is 5.40. The van der Waals surface area contributed by atoms with Crippen LogP contribution in [0.25, 0.3) is 22.5 Å². The summed E-state index contributed by atoms with van der Waals surface area (Å²) < 4.78 is 13.4. The van der Waals surface area contributed by atoms with Crippen LogP contribution in [0.5, 0.6) is 0 Å². The van der Waals surface area contributed by atoms with Gasteiger partial charge in [0.1, 0.15) is 12.1 Å². The molecular weight excluding hydrogens is 231 g/mol. The predicted molar refractivity (Wildman–Crippen MR) is 65.0 cm³/mol. The van der Waals surface area contributed by atoms with E-state index < -0.39 is 0 Å². The lowest BCUT2D eigenvalue weighted by Gasteiger charge is -2.07. The number of nitrogens with one attached hydrogen (secondary N) is 1. The van der Waals surface area contributed by atoms with Crippen molar-refractivity contribution < 1.29 is 4.39 Å². The smallest absolute Gasteiger partial charge is 0.123 e. The average Bonchev–Trinajstić information content (AvgIpc) is 2.93. The summed E-state index contributed by atoms with van der Waals surface area (Å²) in [5, 5.41) is 6.77. The van der Waals surface area contributed by atoms with Gasteiger partial charge in [-0.05, 0) is 30.3 Å². The highest BCUT2D eigenvalue weighted by atomic mass is 19.1. The molecule has 0 saturated heterocycles. The van der Waals surface area contributed by atoms with Crippen molar-refractivity contribution in [3.05, 3.63) is 54.9 Å². The summed E-state index contributed by atoms with van der Waals surface area (Å²) in [6.45, 7) is 0. The minimum atomic E-state index is -0.299. The number of rotatable bonds is 2. The summed E-state index contributed by atoms with van der Waals surface area (Å²) in [5.41, 5.74) is 3.06. The van der Waals surface area contributed by atoms with E-state index >= 15 is 0 Å². The standard InChI is InChI=1S/C13H9FN4/c14-9-1-2-10(13-4-6-17-18-13)11(7-9)12-3-5-15-8-16-12/h1-8H,(H,17,18). The first-order chi connectivity index (χ1) is 8.84. The third kappa shape index (κ3) is 1.86. The van der Waals surface area contributed by atoms with Crippen molar-refractivity contribution in [3.63, 3.8) is 0 Å². The lowest BCUT2D eigenvalue weighted by atomic mass is 10.0. The van der Waals surface area contributed by atoms with E-state index in [9.17, 15) is 4.39 Å². The summed E-state index contributed by atoms with van der Waals surface area (Å²) in [7, 11) is 0. The summed E-state index contributed by atoms with van der Waals surface area (Å²) in [6, 6.07) is 8.16. The van der Waals surface area contributed by atoms with Crippen molar-refractivity contribution in [2.24, 2.45) is 0 Å². The fourth-order valence-corrected chi connectivity index (χ4v) is 1.82. The molecule has 1 aromatic carbocycles. The molecule has 0 radical (unpaired) electrons. The molecule has 2 aromatic heterocycles. The molecule has 1 N–H and O–H groups in total. The van der Waals surface area contributed by atoms with E-state index in [2.05, 4.69) is 20.2 Å². The Morgan fingerprint density at radius 1 is 1.00 bits per heavy atom. The number of hydrogen-bond donors (Lipinski definition) is 1. The van der Waals surface area contributed by atoms with Gasteiger partial charge in [0, 0.05) is 23.5 Å². The molecule has 0 unspecified atom stereocenters. The maximum absolute atomic E-state index is 13.4. The van der Waals surface area contributed by atoms with Crippen molar-refractivity contribution >= 4 is 0 Å². The van der Waals surface area contributed by atoms with Crippen LogP contribution in [0.3, 0.4) is 0 Å². The summed E-state index contributed by atoms with van der Waals surface area (Å²) >= 11 is 0. The van der Waals surface area contributed by atoms with E-state index in [1.54, 1.807) is 24.5 Å². The Balaban J connectivity index is 2.22. The highest BCUT2D eigenvalue weighted by molar-refractivity contribution is 5.79. The van der Waals surface area contributed by atoms with Gasteiger partial charge in [0.2, 0.25) is 0 Å². The molecule has 0 bridgehead atoms. The number of hydrogen-bond acceptors (Lipinski definition) is 3. The van der Waals surface area contributed by atoms with Crippen LogP contribution in [-0.4, -0.2) is 20.2 Å². The second kappa shape index (κ2) is 4.37. The second-order valence-corrected chi connectivity index (χ2v) is 3.75. The molecule has 0 spiro atoms. The molecular formula is C13H9FN4. The highest BCUT2D eigenvalue weighted by Gasteiger charge is 2.10. The van der Waals surface area contributed by atoms with Crippen molar-refractivity contribution in [1.82, 2.24) is 20.2 Å². The number of aromatic nitrogens is 4. The van der Waals surface area contributed by atoms with Gasteiger partial charge in [-0.3, -0.25) is 5.10 Å². The fourth-order valence-electron chi connectivity index (χ4n) is 1.82. The SMILES string of the molecule is Fc1ccc(-c2ccn[nH]2)c(-c2ccncn2)c1. The topological polar surface area (TPSA) is 54.5 Å². The molecule has 2 heterocycles. The van der Waals surface area contributed by atoms with Crippen molar-refractivity contribution in [3.8, 4) is 22.5 Å². The Morgan fingerprint density at radius 2 is 1.94 bits per heavy atom. The molecule has 0 amide bonds. The van der Waals surface area contributed by atoms with E-state index in [1.807, 2.05) is 6.07 Å².